The van der Waals surface area contributed by atoms with Crippen LogP contribution in [-0.4, -0.2) is 25.7 Å². The fourth-order valence-corrected chi connectivity index (χ4v) is 6.56. The summed E-state index contributed by atoms with van der Waals surface area (Å²) >= 11 is 8.31. The number of pyridine rings is 1. The summed E-state index contributed by atoms with van der Waals surface area (Å²) < 4.78 is 6.00. The smallest absolute Gasteiger partial charge is 0.208 e. The molecule has 5 aromatic rings. The topological polar surface area (TPSA) is 67.6 Å². The molecule has 0 bridgehead atoms. The van der Waals surface area contributed by atoms with Gasteiger partial charge in [0.05, 0.1) is 22.0 Å². The molecule has 2 unspecified atom stereocenters. The lowest BCUT2D eigenvalue weighted by Gasteiger charge is -2.17. The number of para-hydroxylation sites is 4. The lowest BCUT2D eigenvalue weighted by atomic mass is 10.2. The van der Waals surface area contributed by atoms with Crippen molar-refractivity contribution in [1.82, 2.24) is 19.9 Å². The van der Waals surface area contributed by atoms with Gasteiger partial charge in [-0.2, -0.15) is 12.6 Å². The first-order chi connectivity index (χ1) is 15.7. The maximum atomic E-state index is 5.89. The van der Waals surface area contributed by atoms with E-state index in [1.54, 1.807) is 11.8 Å². The van der Waals surface area contributed by atoms with Crippen molar-refractivity contribution < 1.29 is 4.42 Å². The number of hydrogen-bond donors (Lipinski definition) is 2. The van der Waals surface area contributed by atoms with Gasteiger partial charge >= 0.3 is 0 Å². The Morgan fingerprint density at radius 3 is 2.62 bits per heavy atom. The Morgan fingerprint density at radius 1 is 1.00 bits per heavy atom. The van der Waals surface area contributed by atoms with Crippen LogP contribution in [0.1, 0.15) is 33.4 Å². The molecule has 0 spiro atoms. The highest BCUT2D eigenvalue weighted by Crippen LogP contribution is 2.44. The van der Waals surface area contributed by atoms with E-state index in [1.807, 2.05) is 72.6 Å². The molecule has 0 aliphatic heterocycles. The minimum atomic E-state index is -0.0587. The second-order valence-corrected chi connectivity index (χ2v) is 10.6. The third-order valence-electron chi connectivity index (χ3n) is 5.12. The predicted octanol–water partition coefficient (Wildman–Crippen LogP) is 6.99. The first-order valence-electron chi connectivity index (χ1n) is 10.4. The summed E-state index contributed by atoms with van der Waals surface area (Å²) in [4.78, 5) is 17.4. The lowest BCUT2D eigenvalue weighted by molar-refractivity contribution is 0.522. The summed E-state index contributed by atoms with van der Waals surface area (Å²) in [6.45, 7) is 2.11. The van der Waals surface area contributed by atoms with Gasteiger partial charge in [0, 0.05) is 6.20 Å². The third-order valence-corrected chi connectivity index (χ3v) is 8.14. The van der Waals surface area contributed by atoms with Crippen molar-refractivity contribution in [3.05, 3.63) is 84.0 Å². The minimum absolute atomic E-state index is 0.0587. The Labute approximate surface area is 200 Å². The van der Waals surface area contributed by atoms with Crippen molar-refractivity contribution in [1.29, 1.82) is 0 Å². The molecule has 0 saturated carbocycles. The fraction of sp³-hybridized carbons (Fsp3) is 0.208. The number of thioether (sulfide) groups is 2. The largest absolute Gasteiger partial charge is 0.439 e. The number of benzene rings is 2. The van der Waals surface area contributed by atoms with Gasteiger partial charge in [-0.1, -0.05) is 42.1 Å². The van der Waals surface area contributed by atoms with E-state index in [-0.39, 0.29) is 9.83 Å². The standard InChI is InChI=1S/C24H22N4OS3/c1-15-7-6-13-25-21(15)23(32-24-27-16-8-2-3-9-17(16)28-24)31-14-12-20(30)22-26-18-10-4-5-11-19(18)29-22/h2-11,13,20,23,30H,12,14H2,1H3,(H,27,28). The number of H-pyrrole nitrogens is 1. The van der Waals surface area contributed by atoms with Gasteiger partial charge in [-0.25, -0.2) is 9.97 Å². The molecule has 32 heavy (non-hydrogen) atoms. The van der Waals surface area contributed by atoms with E-state index in [4.69, 9.17) is 22.0 Å². The molecule has 0 amide bonds. The maximum absolute atomic E-state index is 5.89. The number of aromatic amines is 1. The monoisotopic (exact) mass is 478 g/mol. The van der Waals surface area contributed by atoms with Gasteiger partial charge in [0.15, 0.2) is 10.7 Å². The molecule has 5 rings (SSSR count). The van der Waals surface area contributed by atoms with Crippen molar-refractivity contribution in [2.24, 2.45) is 0 Å². The normalized spacial score (nSPS) is 13.6. The summed E-state index contributed by atoms with van der Waals surface area (Å²) in [5, 5.41) is 0.840. The Balaban J connectivity index is 1.31. The molecule has 0 fully saturated rings. The average molecular weight is 479 g/mol. The summed E-state index contributed by atoms with van der Waals surface area (Å²) in [7, 11) is 0. The van der Waals surface area contributed by atoms with E-state index in [1.165, 1.54) is 5.56 Å². The van der Waals surface area contributed by atoms with Gasteiger partial charge in [0.1, 0.15) is 10.1 Å². The van der Waals surface area contributed by atoms with Crippen LogP contribution < -0.4 is 0 Å². The maximum Gasteiger partial charge on any atom is 0.208 e. The SMILES string of the molecule is Cc1cccnc1C(SCCC(S)c1nc2ccccc2o1)Sc1nc2ccccc2[nH]1. The molecule has 0 aliphatic rings. The molecule has 3 aromatic heterocycles. The molecular formula is C24H22N4OS3. The van der Waals surface area contributed by atoms with E-state index in [2.05, 4.69) is 27.9 Å². The number of rotatable bonds is 8. The molecule has 1 N–H and O–H groups in total. The van der Waals surface area contributed by atoms with Crippen LogP contribution in [-0.2, 0) is 0 Å². The summed E-state index contributed by atoms with van der Waals surface area (Å²) in [5.41, 5.74) is 5.94. The fourth-order valence-electron chi connectivity index (χ4n) is 3.44. The van der Waals surface area contributed by atoms with Crippen molar-refractivity contribution in [2.75, 3.05) is 5.75 Å². The predicted molar refractivity (Wildman–Crippen MR) is 136 cm³/mol. The second kappa shape index (κ2) is 9.60. The number of imidazole rings is 1. The van der Waals surface area contributed by atoms with Crippen LogP contribution in [0.25, 0.3) is 22.1 Å². The van der Waals surface area contributed by atoms with E-state index in [0.29, 0.717) is 5.89 Å². The van der Waals surface area contributed by atoms with Crippen molar-refractivity contribution >= 4 is 58.3 Å². The highest BCUT2D eigenvalue weighted by molar-refractivity contribution is 8.16. The second-order valence-electron chi connectivity index (χ2n) is 7.41. The molecule has 0 saturated heterocycles. The van der Waals surface area contributed by atoms with Gasteiger partial charge < -0.3 is 9.40 Å². The first-order valence-corrected chi connectivity index (χ1v) is 12.8. The van der Waals surface area contributed by atoms with E-state index >= 15 is 0 Å². The minimum Gasteiger partial charge on any atom is -0.439 e. The van der Waals surface area contributed by atoms with Crippen LogP contribution in [0, 0.1) is 6.92 Å². The molecule has 5 nitrogen and oxygen atoms in total. The zero-order valence-electron chi connectivity index (χ0n) is 17.4. The lowest BCUT2D eigenvalue weighted by Crippen LogP contribution is -2.00. The van der Waals surface area contributed by atoms with Gasteiger partial charge in [-0.15, -0.1) is 11.8 Å². The van der Waals surface area contributed by atoms with Crippen molar-refractivity contribution in [3.8, 4) is 0 Å². The average Bonchev–Trinajstić information content (AvgIpc) is 3.42. The molecule has 0 radical (unpaired) electrons. The van der Waals surface area contributed by atoms with Gasteiger partial charge in [0.2, 0.25) is 5.89 Å². The van der Waals surface area contributed by atoms with E-state index in [0.717, 1.165) is 45.2 Å². The Morgan fingerprint density at radius 2 is 1.81 bits per heavy atom. The van der Waals surface area contributed by atoms with E-state index in [9.17, 15) is 0 Å². The van der Waals surface area contributed by atoms with Gasteiger partial charge in [0.25, 0.3) is 0 Å². The zero-order chi connectivity index (χ0) is 21.9. The zero-order valence-corrected chi connectivity index (χ0v) is 20.0. The van der Waals surface area contributed by atoms with Crippen LogP contribution in [0.15, 0.2) is 76.4 Å². The molecule has 162 valence electrons. The Bertz CT molecular complexity index is 1280. The number of oxazole rings is 1. The number of nitrogens with one attached hydrogen (secondary N) is 1. The molecule has 2 aromatic carbocycles. The summed E-state index contributed by atoms with van der Waals surface area (Å²) in [6.07, 6.45) is 2.69. The van der Waals surface area contributed by atoms with Crippen LogP contribution in [0.3, 0.4) is 0 Å². The number of hydrogen-bond acceptors (Lipinski definition) is 7. The Hall–Kier alpha value is -2.42. The number of fused-ring (bicyclic) bond motifs is 2. The van der Waals surface area contributed by atoms with Crippen LogP contribution in [0.4, 0.5) is 0 Å². The Kier molecular flexibility index (Phi) is 6.43. The molecular weight excluding hydrogens is 456 g/mol. The summed E-state index contributed by atoms with van der Waals surface area (Å²) in [5.74, 6) is 1.56. The number of thiol groups is 1. The third kappa shape index (κ3) is 4.67. The number of aromatic nitrogens is 4. The quantitative estimate of drug-likeness (QED) is 0.142. The molecule has 0 aliphatic carbocycles. The number of nitrogens with zero attached hydrogens (tertiary/aromatic N) is 3. The van der Waals surface area contributed by atoms with Crippen molar-refractivity contribution in [3.63, 3.8) is 0 Å². The van der Waals surface area contributed by atoms with Crippen LogP contribution >= 0.6 is 36.2 Å². The van der Waals surface area contributed by atoms with Crippen LogP contribution in [0.5, 0.6) is 0 Å². The van der Waals surface area contributed by atoms with E-state index < -0.39 is 0 Å². The van der Waals surface area contributed by atoms with Crippen LogP contribution in [0.2, 0.25) is 0 Å². The number of aryl methyl sites for hydroxylation is 1. The first kappa shape index (κ1) is 21.4. The van der Waals surface area contributed by atoms with Gasteiger partial charge in [-0.05, 0) is 55.0 Å². The van der Waals surface area contributed by atoms with Crippen molar-refractivity contribution in [2.45, 2.75) is 28.3 Å². The molecule has 2 atom stereocenters. The summed E-state index contributed by atoms with van der Waals surface area (Å²) in [6, 6.07) is 20.0. The van der Waals surface area contributed by atoms with Gasteiger partial charge in [-0.3, -0.25) is 4.98 Å². The highest BCUT2D eigenvalue weighted by Gasteiger charge is 2.21. The molecule has 3 heterocycles. The highest BCUT2D eigenvalue weighted by atomic mass is 32.2. The molecule has 8 heteroatoms.